The number of nitrogens with zero attached hydrogens (tertiary/aromatic N) is 2. The second-order valence-electron chi connectivity index (χ2n) is 5.41. The highest BCUT2D eigenvalue weighted by molar-refractivity contribution is 7.15. The first-order chi connectivity index (χ1) is 11.2. The van der Waals surface area contributed by atoms with E-state index in [0.717, 1.165) is 22.7 Å². The lowest BCUT2D eigenvalue weighted by Crippen LogP contribution is -2.48. The zero-order valence-electron chi connectivity index (χ0n) is 13.4. The van der Waals surface area contributed by atoms with Crippen molar-refractivity contribution < 1.29 is 9.53 Å². The smallest absolute Gasteiger partial charge is 0.262 e. The molecule has 0 aliphatic carbocycles. The largest absolute Gasteiger partial charge is 0.477 e. The molecule has 1 aliphatic heterocycles. The molecule has 8 heteroatoms. The van der Waals surface area contributed by atoms with Gasteiger partial charge >= 0.3 is 0 Å². The van der Waals surface area contributed by atoms with E-state index in [4.69, 9.17) is 10.5 Å². The number of rotatable bonds is 5. The molecule has 130 valence electrons. The molecule has 0 fully saturated rings. The first-order valence-corrected chi connectivity index (χ1v) is 8.47. The van der Waals surface area contributed by atoms with E-state index in [0.29, 0.717) is 24.8 Å². The highest BCUT2D eigenvalue weighted by atomic mass is 35.5. The van der Waals surface area contributed by atoms with E-state index in [1.807, 2.05) is 31.2 Å². The van der Waals surface area contributed by atoms with Crippen LogP contribution in [0.15, 0.2) is 30.5 Å². The van der Waals surface area contributed by atoms with Gasteiger partial charge < -0.3 is 20.7 Å². The van der Waals surface area contributed by atoms with Gasteiger partial charge in [0.2, 0.25) is 0 Å². The second-order valence-corrected chi connectivity index (χ2v) is 6.56. The lowest BCUT2D eigenvalue weighted by atomic mass is 10.1. The molecule has 1 aromatic carbocycles. The van der Waals surface area contributed by atoms with Crippen LogP contribution in [0.1, 0.15) is 18.2 Å². The Morgan fingerprint density at radius 3 is 3.00 bits per heavy atom. The summed E-state index contributed by atoms with van der Waals surface area (Å²) in [7, 11) is 0. The van der Waals surface area contributed by atoms with Crippen molar-refractivity contribution in [3.05, 3.63) is 35.3 Å². The van der Waals surface area contributed by atoms with Crippen LogP contribution in [0, 0.1) is 0 Å². The number of carbonyl (C=O) groups is 1. The number of para-hydroxylation sites is 2. The standard InChI is InChI=1S/C16H20N4O2S.ClH/c1-2-7-18-15(21)14-10-20(9-11-8-19-16(17)23-11)12-5-3-4-6-13(12)22-14;/h3-6,8,14H,2,7,9-10H2,1H3,(H2,17,19)(H,18,21);1H. The molecule has 1 unspecified atom stereocenters. The summed E-state index contributed by atoms with van der Waals surface area (Å²) in [5.41, 5.74) is 6.69. The molecule has 2 heterocycles. The average Bonchev–Trinajstić information content (AvgIpc) is 2.97. The molecule has 24 heavy (non-hydrogen) atoms. The number of ether oxygens (including phenoxy) is 1. The molecule has 0 saturated heterocycles. The Bertz CT molecular complexity index is 694. The highest BCUT2D eigenvalue weighted by Crippen LogP contribution is 2.34. The maximum atomic E-state index is 12.3. The minimum absolute atomic E-state index is 0. The van der Waals surface area contributed by atoms with E-state index in [-0.39, 0.29) is 18.3 Å². The Hall–Kier alpha value is -1.99. The molecule has 3 rings (SSSR count). The SMILES string of the molecule is CCCNC(=O)C1CN(Cc2cnc(N)s2)c2ccccc2O1.Cl. The van der Waals surface area contributed by atoms with Gasteiger partial charge in [-0.25, -0.2) is 4.98 Å². The molecule has 3 N–H and O–H groups in total. The molecule has 2 aromatic rings. The Morgan fingerprint density at radius 1 is 1.50 bits per heavy atom. The first kappa shape index (κ1) is 18.4. The number of thiazole rings is 1. The molecule has 0 spiro atoms. The van der Waals surface area contributed by atoms with Crippen LogP contribution >= 0.6 is 23.7 Å². The van der Waals surface area contributed by atoms with Gasteiger partial charge in [0, 0.05) is 17.6 Å². The number of aromatic nitrogens is 1. The third-order valence-electron chi connectivity index (χ3n) is 3.62. The maximum absolute atomic E-state index is 12.3. The summed E-state index contributed by atoms with van der Waals surface area (Å²) >= 11 is 1.46. The third-order valence-corrected chi connectivity index (χ3v) is 4.43. The van der Waals surface area contributed by atoms with Crippen molar-refractivity contribution in [2.45, 2.75) is 26.0 Å². The molecule has 0 radical (unpaired) electrons. The fourth-order valence-corrected chi connectivity index (χ4v) is 3.24. The topological polar surface area (TPSA) is 80.5 Å². The summed E-state index contributed by atoms with van der Waals surface area (Å²) in [5.74, 6) is 0.656. The number of nitrogens with one attached hydrogen (secondary N) is 1. The summed E-state index contributed by atoms with van der Waals surface area (Å²) in [6, 6.07) is 7.77. The van der Waals surface area contributed by atoms with Crippen LogP contribution in [0.3, 0.4) is 0 Å². The van der Waals surface area contributed by atoms with Gasteiger partial charge in [0.15, 0.2) is 11.2 Å². The molecular weight excluding hydrogens is 348 g/mol. The van der Waals surface area contributed by atoms with Gasteiger partial charge in [0.1, 0.15) is 5.75 Å². The van der Waals surface area contributed by atoms with E-state index in [9.17, 15) is 4.79 Å². The highest BCUT2D eigenvalue weighted by Gasteiger charge is 2.30. The quantitative estimate of drug-likeness (QED) is 0.847. The fraction of sp³-hybridized carbons (Fsp3) is 0.375. The molecule has 1 aromatic heterocycles. The molecule has 1 atom stereocenters. The van der Waals surface area contributed by atoms with Crippen molar-refractivity contribution in [3.63, 3.8) is 0 Å². The third kappa shape index (κ3) is 4.10. The van der Waals surface area contributed by atoms with E-state index in [1.165, 1.54) is 11.3 Å². The van der Waals surface area contributed by atoms with Crippen molar-refractivity contribution in [1.29, 1.82) is 0 Å². The molecule has 1 aliphatic rings. The van der Waals surface area contributed by atoms with Crippen LogP contribution < -0.4 is 20.7 Å². The minimum atomic E-state index is -0.512. The molecule has 0 saturated carbocycles. The Labute approximate surface area is 151 Å². The van der Waals surface area contributed by atoms with Gasteiger partial charge in [-0.05, 0) is 18.6 Å². The number of carbonyl (C=O) groups excluding carboxylic acids is 1. The molecular formula is C16H21ClN4O2S. The van der Waals surface area contributed by atoms with Gasteiger partial charge in [0.05, 0.1) is 18.8 Å². The lowest BCUT2D eigenvalue weighted by Gasteiger charge is -2.35. The number of fused-ring (bicyclic) bond motifs is 1. The minimum Gasteiger partial charge on any atom is -0.477 e. The van der Waals surface area contributed by atoms with E-state index in [1.54, 1.807) is 6.20 Å². The summed E-state index contributed by atoms with van der Waals surface area (Å²) in [4.78, 5) is 19.6. The Kier molecular flexibility index (Phi) is 6.28. The van der Waals surface area contributed by atoms with Crippen LogP contribution in [0.4, 0.5) is 10.8 Å². The van der Waals surface area contributed by atoms with Crippen molar-refractivity contribution in [3.8, 4) is 5.75 Å². The maximum Gasteiger partial charge on any atom is 0.262 e. The van der Waals surface area contributed by atoms with Crippen LogP contribution in [-0.2, 0) is 11.3 Å². The van der Waals surface area contributed by atoms with Crippen LogP contribution in [0.2, 0.25) is 0 Å². The predicted molar refractivity (Wildman–Crippen MR) is 99.0 cm³/mol. The number of nitrogen functional groups attached to an aromatic ring is 1. The summed E-state index contributed by atoms with van der Waals surface area (Å²) < 4.78 is 5.87. The number of anilines is 2. The monoisotopic (exact) mass is 368 g/mol. The number of benzene rings is 1. The number of hydrogen-bond donors (Lipinski definition) is 2. The van der Waals surface area contributed by atoms with Crippen molar-refractivity contribution >= 4 is 40.5 Å². The normalized spacial score (nSPS) is 15.9. The number of halogens is 1. The zero-order valence-corrected chi connectivity index (χ0v) is 15.0. The van der Waals surface area contributed by atoms with Gasteiger partial charge in [-0.1, -0.05) is 19.1 Å². The molecule has 0 bridgehead atoms. The second kappa shape index (κ2) is 8.21. The van der Waals surface area contributed by atoms with Crippen molar-refractivity contribution in [1.82, 2.24) is 10.3 Å². The predicted octanol–water partition coefficient (Wildman–Crippen LogP) is 2.44. The number of nitrogens with two attached hydrogens (primary N) is 1. The number of amides is 1. The van der Waals surface area contributed by atoms with Gasteiger partial charge in [-0.2, -0.15) is 0 Å². The van der Waals surface area contributed by atoms with Gasteiger partial charge in [-0.15, -0.1) is 23.7 Å². The average molecular weight is 369 g/mol. The fourth-order valence-electron chi connectivity index (χ4n) is 2.54. The first-order valence-electron chi connectivity index (χ1n) is 7.66. The van der Waals surface area contributed by atoms with Crippen LogP contribution in [-0.4, -0.2) is 30.1 Å². The summed E-state index contributed by atoms with van der Waals surface area (Å²) in [6.45, 7) is 3.85. The Balaban J connectivity index is 0.00000208. The van der Waals surface area contributed by atoms with E-state index < -0.39 is 6.10 Å². The lowest BCUT2D eigenvalue weighted by molar-refractivity contribution is -0.127. The molecule has 1 amide bonds. The zero-order chi connectivity index (χ0) is 16.2. The summed E-state index contributed by atoms with van der Waals surface area (Å²) in [6.07, 6.45) is 2.17. The molecule has 6 nitrogen and oxygen atoms in total. The van der Waals surface area contributed by atoms with E-state index >= 15 is 0 Å². The van der Waals surface area contributed by atoms with Crippen molar-refractivity contribution in [2.75, 3.05) is 23.7 Å². The Morgan fingerprint density at radius 2 is 2.29 bits per heavy atom. The van der Waals surface area contributed by atoms with Crippen LogP contribution in [0.25, 0.3) is 0 Å². The van der Waals surface area contributed by atoms with Crippen LogP contribution in [0.5, 0.6) is 5.75 Å². The number of hydrogen-bond acceptors (Lipinski definition) is 6. The van der Waals surface area contributed by atoms with Crippen molar-refractivity contribution in [2.24, 2.45) is 0 Å². The van der Waals surface area contributed by atoms with Gasteiger partial charge in [0.25, 0.3) is 5.91 Å². The van der Waals surface area contributed by atoms with E-state index in [2.05, 4.69) is 15.2 Å². The summed E-state index contributed by atoms with van der Waals surface area (Å²) in [5, 5.41) is 3.46. The van der Waals surface area contributed by atoms with Gasteiger partial charge in [-0.3, -0.25) is 4.79 Å².